The molecule has 0 saturated carbocycles. The first-order chi connectivity index (χ1) is 7.01. The summed E-state index contributed by atoms with van der Waals surface area (Å²) in [5.41, 5.74) is 0.0750. The van der Waals surface area contributed by atoms with Gasteiger partial charge >= 0.3 is 5.97 Å². The third kappa shape index (κ3) is 4.42. The molecule has 0 aliphatic heterocycles. The Morgan fingerprint density at radius 2 is 1.80 bits per heavy atom. The number of carbonyl (C=O) groups is 1. The number of aliphatic carboxylic acids is 1. The lowest BCUT2D eigenvalue weighted by Crippen LogP contribution is -2.38. The van der Waals surface area contributed by atoms with Crippen LogP contribution in [-0.4, -0.2) is 41.8 Å². The Labute approximate surface area is 89.3 Å². The smallest absolute Gasteiger partial charge is 0.331 e. The molecule has 0 saturated heterocycles. The molecule has 0 aliphatic carbocycles. The van der Waals surface area contributed by atoms with Crippen LogP contribution >= 0.6 is 0 Å². The van der Waals surface area contributed by atoms with Crippen LogP contribution in [0.3, 0.4) is 0 Å². The molecule has 0 spiro atoms. The number of rotatable bonds is 7. The zero-order valence-electron chi connectivity index (χ0n) is 9.32. The van der Waals surface area contributed by atoms with Crippen molar-refractivity contribution >= 4 is 5.97 Å². The highest BCUT2D eigenvalue weighted by Crippen LogP contribution is 2.17. The van der Waals surface area contributed by atoms with E-state index in [9.17, 15) is 9.90 Å². The van der Waals surface area contributed by atoms with Crippen LogP contribution in [0, 0.1) is 0 Å². The van der Waals surface area contributed by atoms with E-state index in [2.05, 4.69) is 0 Å². The van der Waals surface area contributed by atoms with Gasteiger partial charge in [0.15, 0.2) is 0 Å². The molecule has 0 atom stereocenters. The van der Waals surface area contributed by atoms with E-state index in [1.54, 1.807) is 13.8 Å². The van der Waals surface area contributed by atoms with Crippen molar-refractivity contribution in [1.82, 2.24) is 0 Å². The van der Waals surface area contributed by atoms with Gasteiger partial charge in [0, 0.05) is 18.8 Å². The fourth-order valence-electron chi connectivity index (χ4n) is 1.14. The number of carboxylic acids is 1. The second kappa shape index (κ2) is 6.55. The molecule has 0 rings (SSSR count). The van der Waals surface area contributed by atoms with E-state index in [1.165, 1.54) is 13.0 Å². The van der Waals surface area contributed by atoms with Gasteiger partial charge in [0.1, 0.15) is 6.61 Å². The molecule has 0 bridgehead atoms. The number of hydrogen-bond acceptors (Lipinski definition) is 4. The van der Waals surface area contributed by atoms with Crippen LogP contribution in [0.25, 0.3) is 0 Å². The largest absolute Gasteiger partial charge is 0.478 e. The maximum atomic E-state index is 10.6. The first-order valence-corrected chi connectivity index (χ1v) is 4.82. The van der Waals surface area contributed by atoms with Gasteiger partial charge in [-0.15, -0.1) is 0 Å². The summed E-state index contributed by atoms with van der Waals surface area (Å²) in [6, 6.07) is 0. The molecule has 5 nitrogen and oxygen atoms in total. The molecule has 2 N–H and O–H groups in total. The Kier molecular flexibility index (Phi) is 6.15. The zero-order chi connectivity index (χ0) is 11.9. The number of aliphatic hydroxyl groups is 1. The van der Waals surface area contributed by atoms with Crippen molar-refractivity contribution in [3.63, 3.8) is 0 Å². The van der Waals surface area contributed by atoms with E-state index in [1.807, 2.05) is 0 Å². The Morgan fingerprint density at radius 3 is 2.07 bits per heavy atom. The van der Waals surface area contributed by atoms with Gasteiger partial charge in [0.2, 0.25) is 5.79 Å². The topological polar surface area (TPSA) is 76.0 Å². The van der Waals surface area contributed by atoms with Crippen LogP contribution in [0.5, 0.6) is 0 Å². The minimum Gasteiger partial charge on any atom is -0.478 e. The molecule has 5 heteroatoms. The molecule has 0 fully saturated rings. The lowest BCUT2D eigenvalue weighted by molar-refractivity contribution is -0.218. The first kappa shape index (κ1) is 14.1. The van der Waals surface area contributed by atoms with E-state index < -0.39 is 18.4 Å². The van der Waals surface area contributed by atoms with Crippen LogP contribution in [-0.2, 0) is 14.3 Å². The fraction of sp³-hybridized carbons (Fsp3) is 0.700. The van der Waals surface area contributed by atoms with Crippen LogP contribution in [0.1, 0.15) is 20.8 Å². The van der Waals surface area contributed by atoms with Gasteiger partial charge in [0.25, 0.3) is 0 Å². The number of carboxylic acid groups (broad SMARTS) is 1. The van der Waals surface area contributed by atoms with Crippen molar-refractivity contribution in [3.05, 3.63) is 11.6 Å². The summed E-state index contributed by atoms with van der Waals surface area (Å²) in [5, 5.41) is 17.9. The van der Waals surface area contributed by atoms with Crippen molar-refractivity contribution in [2.45, 2.75) is 26.6 Å². The van der Waals surface area contributed by atoms with Crippen molar-refractivity contribution in [2.75, 3.05) is 19.8 Å². The molecule has 88 valence electrons. The van der Waals surface area contributed by atoms with Gasteiger partial charge in [-0.2, -0.15) is 0 Å². The molecule has 0 aromatic heterocycles. The molecule has 15 heavy (non-hydrogen) atoms. The predicted octanol–water partition coefficient (Wildman–Crippen LogP) is 0.779. The summed E-state index contributed by atoms with van der Waals surface area (Å²) < 4.78 is 10.5. The van der Waals surface area contributed by atoms with Crippen molar-refractivity contribution in [3.8, 4) is 0 Å². The summed E-state index contributed by atoms with van der Waals surface area (Å²) >= 11 is 0. The minimum absolute atomic E-state index is 0.0750. The average molecular weight is 218 g/mol. The highest BCUT2D eigenvalue weighted by atomic mass is 16.7. The molecular formula is C10H18O5. The lowest BCUT2D eigenvalue weighted by Gasteiger charge is -2.28. The van der Waals surface area contributed by atoms with Crippen LogP contribution in [0.2, 0.25) is 0 Å². The van der Waals surface area contributed by atoms with Gasteiger partial charge in [0.05, 0.1) is 0 Å². The van der Waals surface area contributed by atoms with E-state index in [-0.39, 0.29) is 5.57 Å². The molecule has 0 aromatic rings. The molecule has 0 amide bonds. The number of ether oxygens (including phenoxy) is 2. The Hall–Kier alpha value is -0.910. The van der Waals surface area contributed by atoms with E-state index in [4.69, 9.17) is 14.6 Å². The standard InChI is InChI=1S/C10H18O5/c1-4-14-10(7-11,15-5-2)6-8(3)9(12)13/h6,11H,4-5,7H2,1-3H3,(H,12,13)/b8-6+. The van der Waals surface area contributed by atoms with Gasteiger partial charge in [-0.3, -0.25) is 0 Å². The third-order valence-electron chi connectivity index (χ3n) is 1.77. The molecule has 0 radical (unpaired) electrons. The zero-order valence-corrected chi connectivity index (χ0v) is 9.32. The quantitative estimate of drug-likeness (QED) is 0.488. The lowest BCUT2D eigenvalue weighted by atomic mass is 10.2. The minimum atomic E-state index is -1.34. The van der Waals surface area contributed by atoms with Crippen LogP contribution in [0.4, 0.5) is 0 Å². The van der Waals surface area contributed by atoms with Gasteiger partial charge < -0.3 is 19.7 Å². The van der Waals surface area contributed by atoms with Crippen LogP contribution < -0.4 is 0 Å². The van der Waals surface area contributed by atoms with Gasteiger partial charge in [-0.05, 0) is 26.8 Å². The van der Waals surface area contributed by atoms with Crippen molar-refractivity contribution in [1.29, 1.82) is 0 Å². The molecule has 0 heterocycles. The summed E-state index contributed by atoms with van der Waals surface area (Å²) in [7, 11) is 0. The Balaban J connectivity index is 4.89. The highest BCUT2D eigenvalue weighted by molar-refractivity contribution is 5.85. The average Bonchev–Trinajstić information content (AvgIpc) is 2.18. The fourth-order valence-corrected chi connectivity index (χ4v) is 1.14. The normalized spacial score (nSPS) is 12.9. The third-order valence-corrected chi connectivity index (χ3v) is 1.77. The SMILES string of the molecule is CCOC(/C=C(\C)C(=O)O)(CO)OCC. The monoisotopic (exact) mass is 218 g/mol. The van der Waals surface area contributed by atoms with Gasteiger partial charge in [-0.25, -0.2) is 4.79 Å². The molecule has 0 unspecified atom stereocenters. The predicted molar refractivity (Wildman–Crippen MR) is 54.5 cm³/mol. The maximum absolute atomic E-state index is 10.6. The Bertz CT molecular complexity index is 228. The maximum Gasteiger partial charge on any atom is 0.331 e. The molecular weight excluding hydrogens is 200 g/mol. The Morgan fingerprint density at radius 1 is 1.33 bits per heavy atom. The summed E-state index contributed by atoms with van der Waals surface area (Å²) in [6.45, 7) is 5.14. The van der Waals surface area contributed by atoms with Crippen molar-refractivity contribution in [2.24, 2.45) is 0 Å². The summed E-state index contributed by atoms with van der Waals surface area (Å²) in [6.07, 6.45) is 1.28. The second-order valence-corrected chi connectivity index (χ2v) is 2.97. The number of aliphatic hydroxyl groups excluding tert-OH is 1. The summed E-state index contributed by atoms with van der Waals surface area (Å²) in [4.78, 5) is 10.6. The highest BCUT2D eigenvalue weighted by Gasteiger charge is 2.29. The van der Waals surface area contributed by atoms with Gasteiger partial charge in [-0.1, -0.05) is 0 Å². The first-order valence-electron chi connectivity index (χ1n) is 4.82. The van der Waals surface area contributed by atoms with Crippen molar-refractivity contribution < 1.29 is 24.5 Å². The summed E-state index contributed by atoms with van der Waals surface area (Å²) in [5.74, 6) is -2.40. The van der Waals surface area contributed by atoms with E-state index >= 15 is 0 Å². The second-order valence-electron chi connectivity index (χ2n) is 2.97. The van der Waals surface area contributed by atoms with E-state index in [0.29, 0.717) is 13.2 Å². The molecule has 0 aromatic carbocycles. The number of hydrogen-bond donors (Lipinski definition) is 2. The molecule has 0 aliphatic rings. The van der Waals surface area contributed by atoms with Crippen LogP contribution in [0.15, 0.2) is 11.6 Å². The van der Waals surface area contributed by atoms with E-state index in [0.717, 1.165) is 0 Å².